The van der Waals surface area contributed by atoms with Crippen molar-refractivity contribution < 1.29 is 18.8 Å². The van der Waals surface area contributed by atoms with Gasteiger partial charge in [0.05, 0.1) is 5.69 Å². The van der Waals surface area contributed by atoms with Crippen LogP contribution in [-0.2, 0) is 16.1 Å². The quantitative estimate of drug-likeness (QED) is 0.771. The number of amides is 3. The SMILES string of the molecule is CN(Cc1c(F)cccc1Cl)C(=O)c1ccc(N2C(=O)CCC2=O)cc1. The first kappa shape index (κ1) is 18.1. The third kappa shape index (κ3) is 3.46. The zero-order chi connectivity index (χ0) is 18.8. The van der Waals surface area contributed by atoms with Gasteiger partial charge < -0.3 is 4.90 Å². The van der Waals surface area contributed by atoms with Gasteiger partial charge in [-0.1, -0.05) is 17.7 Å². The lowest BCUT2D eigenvalue weighted by atomic mass is 10.1. The molecule has 2 aromatic carbocycles. The van der Waals surface area contributed by atoms with Crippen molar-refractivity contribution >= 4 is 35.0 Å². The predicted molar refractivity (Wildman–Crippen MR) is 95.4 cm³/mol. The molecule has 3 amide bonds. The largest absolute Gasteiger partial charge is 0.337 e. The Hall–Kier alpha value is -2.73. The highest BCUT2D eigenvalue weighted by Gasteiger charge is 2.30. The van der Waals surface area contributed by atoms with Crippen molar-refractivity contribution in [2.75, 3.05) is 11.9 Å². The highest BCUT2D eigenvalue weighted by molar-refractivity contribution is 6.31. The van der Waals surface area contributed by atoms with Crippen molar-refractivity contribution in [1.29, 1.82) is 0 Å². The smallest absolute Gasteiger partial charge is 0.253 e. The van der Waals surface area contributed by atoms with Gasteiger partial charge in [0.2, 0.25) is 11.8 Å². The summed E-state index contributed by atoms with van der Waals surface area (Å²) in [7, 11) is 1.55. The Morgan fingerprint density at radius 3 is 2.31 bits per heavy atom. The van der Waals surface area contributed by atoms with E-state index in [0.717, 1.165) is 4.90 Å². The van der Waals surface area contributed by atoms with Crippen LogP contribution in [0.2, 0.25) is 5.02 Å². The van der Waals surface area contributed by atoms with Crippen LogP contribution >= 0.6 is 11.6 Å². The highest BCUT2D eigenvalue weighted by Crippen LogP contribution is 2.24. The van der Waals surface area contributed by atoms with Crippen molar-refractivity contribution in [3.05, 3.63) is 64.4 Å². The number of carbonyl (C=O) groups is 3. The lowest BCUT2D eigenvalue weighted by Gasteiger charge is -2.19. The topological polar surface area (TPSA) is 57.7 Å². The lowest BCUT2D eigenvalue weighted by Crippen LogP contribution is -2.29. The van der Waals surface area contributed by atoms with E-state index in [9.17, 15) is 18.8 Å². The zero-order valence-electron chi connectivity index (χ0n) is 14.0. The van der Waals surface area contributed by atoms with E-state index < -0.39 is 5.82 Å². The van der Waals surface area contributed by atoms with Crippen LogP contribution in [0.4, 0.5) is 10.1 Å². The van der Waals surface area contributed by atoms with Gasteiger partial charge in [-0.15, -0.1) is 0 Å². The Morgan fingerprint density at radius 1 is 1.12 bits per heavy atom. The molecule has 1 aliphatic heterocycles. The summed E-state index contributed by atoms with van der Waals surface area (Å²) in [5.41, 5.74) is 1.05. The fraction of sp³-hybridized carbons (Fsp3) is 0.211. The van der Waals surface area contributed by atoms with Crippen molar-refractivity contribution in [3.63, 3.8) is 0 Å². The molecule has 0 unspecified atom stereocenters. The molecule has 1 saturated heterocycles. The number of hydrogen-bond acceptors (Lipinski definition) is 3. The van der Waals surface area contributed by atoms with E-state index in [1.165, 1.54) is 29.2 Å². The first-order chi connectivity index (χ1) is 12.4. The van der Waals surface area contributed by atoms with Gasteiger partial charge in [-0.25, -0.2) is 4.39 Å². The van der Waals surface area contributed by atoms with E-state index in [0.29, 0.717) is 11.3 Å². The number of imide groups is 1. The number of carbonyl (C=O) groups excluding carboxylic acids is 3. The molecule has 0 radical (unpaired) electrons. The van der Waals surface area contributed by atoms with Crippen LogP contribution in [-0.4, -0.2) is 29.7 Å². The molecule has 0 bridgehead atoms. The summed E-state index contributed by atoms with van der Waals surface area (Å²) in [5, 5.41) is 0.256. The van der Waals surface area contributed by atoms with Crippen LogP contribution in [0.3, 0.4) is 0 Å². The zero-order valence-corrected chi connectivity index (χ0v) is 14.8. The number of rotatable bonds is 4. The van der Waals surface area contributed by atoms with Crippen LogP contribution in [0, 0.1) is 5.82 Å². The third-order valence-electron chi connectivity index (χ3n) is 4.23. The molecule has 7 heteroatoms. The summed E-state index contributed by atoms with van der Waals surface area (Å²) in [6.45, 7) is 0.0230. The molecule has 1 aliphatic rings. The van der Waals surface area contributed by atoms with Gasteiger partial charge in [-0.3, -0.25) is 19.3 Å². The van der Waals surface area contributed by atoms with E-state index in [2.05, 4.69) is 0 Å². The minimum Gasteiger partial charge on any atom is -0.337 e. The average Bonchev–Trinajstić information content (AvgIpc) is 2.96. The summed E-state index contributed by atoms with van der Waals surface area (Å²) in [6.07, 6.45) is 0.400. The standard InChI is InChI=1S/C19H16ClFN2O3/c1-22(11-14-15(20)3-2-4-16(14)21)19(26)12-5-7-13(8-6-12)23-17(24)9-10-18(23)25/h2-8H,9-11H2,1H3. The van der Waals surface area contributed by atoms with Gasteiger partial charge in [0, 0.05) is 42.6 Å². The predicted octanol–water partition coefficient (Wildman–Crippen LogP) is 3.40. The molecular weight excluding hydrogens is 359 g/mol. The fourth-order valence-corrected chi connectivity index (χ4v) is 3.05. The first-order valence-corrected chi connectivity index (χ1v) is 8.40. The molecule has 0 spiro atoms. The number of benzene rings is 2. The Bertz CT molecular complexity index is 847. The normalized spacial score (nSPS) is 14.0. The van der Waals surface area contributed by atoms with Crippen molar-refractivity contribution in [2.24, 2.45) is 0 Å². The number of hydrogen-bond donors (Lipinski definition) is 0. The monoisotopic (exact) mass is 374 g/mol. The molecule has 134 valence electrons. The molecule has 2 aromatic rings. The van der Waals surface area contributed by atoms with Crippen molar-refractivity contribution in [3.8, 4) is 0 Å². The molecule has 0 atom stereocenters. The summed E-state index contributed by atoms with van der Waals surface area (Å²) >= 11 is 6.00. The van der Waals surface area contributed by atoms with Crippen LogP contribution in [0.1, 0.15) is 28.8 Å². The lowest BCUT2D eigenvalue weighted by molar-refractivity contribution is -0.121. The number of halogens is 2. The van der Waals surface area contributed by atoms with E-state index in [1.807, 2.05) is 0 Å². The minimum absolute atomic E-state index is 0.0230. The van der Waals surface area contributed by atoms with Crippen LogP contribution in [0.15, 0.2) is 42.5 Å². The van der Waals surface area contributed by atoms with E-state index in [1.54, 1.807) is 25.2 Å². The molecule has 26 heavy (non-hydrogen) atoms. The maximum absolute atomic E-state index is 13.9. The summed E-state index contributed by atoms with van der Waals surface area (Å²) in [6, 6.07) is 10.5. The average molecular weight is 375 g/mol. The van der Waals surface area contributed by atoms with Gasteiger partial charge in [0.25, 0.3) is 5.91 Å². The second kappa shape index (κ2) is 7.25. The summed E-state index contributed by atoms with van der Waals surface area (Å²) < 4.78 is 13.9. The Morgan fingerprint density at radius 2 is 1.73 bits per heavy atom. The first-order valence-electron chi connectivity index (χ1n) is 8.02. The van der Waals surface area contributed by atoms with Gasteiger partial charge in [-0.2, -0.15) is 0 Å². The van der Waals surface area contributed by atoms with Crippen LogP contribution in [0.5, 0.6) is 0 Å². The Balaban J connectivity index is 1.75. The van der Waals surface area contributed by atoms with Crippen molar-refractivity contribution in [2.45, 2.75) is 19.4 Å². The second-order valence-electron chi connectivity index (χ2n) is 6.03. The summed E-state index contributed by atoms with van der Waals surface area (Å²) in [5.74, 6) is -1.30. The molecule has 1 fully saturated rings. The van der Waals surface area contributed by atoms with E-state index in [4.69, 9.17) is 11.6 Å². The van der Waals surface area contributed by atoms with E-state index in [-0.39, 0.29) is 47.7 Å². The highest BCUT2D eigenvalue weighted by atomic mass is 35.5. The van der Waals surface area contributed by atoms with Gasteiger partial charge in [-0.05, 0) is 36.4 Å². The van der Waals surface area contributed by atoms with E-state index >= 15 is 0 Å². The van der Waals surface area contributed by atoms with Crippen molar-refractivity contribution in [1.82, 2.24) is 4.90 Å². The molecular formula is C19H16ClFN2O3. The van der Waals surface area contributed by atoms with Crippen LogP contribution < -0.4 is 4.90 Å². The molecule has 0 aromatic heterocycles. The number of anilines is 1. The maximum atomic E-state index is 13.9. The molecule has 5 nitrogen and oxygen atoms in total. The molecule has 3 rings (SSSR count). The molecule has 1 heterocycles. The Kier molecular flexibility index (Phi) is 5.04. The molecule has 0 aliphatic carbocycles. The van der Waals surface area contributed by atoms with Gasteiger partial charge in [0.15, 0.2) is 0 Å². The minimum atomic E-state index is -0.474. The van der Waals surface area contributed by atoms with Gasteiger partial charge in [0.1, 0.15) is 5.82 Å². The maximum Gasteiger partial charge on any atom is 0.253 e. The Labute approximate surface area is 155 Å². The third-order valence-corrected chi connectivity index (χ3v) is 4.58. The molecule has 0 N–H and O–H groups in total. The second-order valence-corrected chi connectivity index (χ2v) is 6.44. The van der Waals surface area contributed by atoms with Crippen LogP contribution in [0.25, 0.3) is 0 Å². The number of nitrogens with zero attached hydrogens (tertiary/aromatic N) is 2. The van der Waals surface area contributed by atoms with Gasteiger partial charge >= 0.3 is 0 Å². The summed E-state index contributed by atoms with van der Waals surface area (Å²) in [4.78, 5) is 38.5. The fourth-order valence-electron chi connectivity index (χ4n) is 2.83. The molecule has 0 saturated carbocycles.